The van der Waals surface area contributed by atoms with Crippen molar-refractivity contribution in [2.45, 2.75) is 39.5 Å². The van der Waals surface area contributed by atoms with Gasteiger partial charge in [0.2, 0.25) is 0 Å². The van der Waals surface area contributed by atoms with Crippen LogP contribution in [0.15, 0.2) is 82.8 Å². The number of hydrogen-bond donors (Lipinski definition) is 0. The summed E-state index contributed by atoms with van der Waals surface area (Å²) < 4.78 is 11.4. The molecule has 0 saturated heterocycles. The van der Waals surface area contributed by atoms with E-state index in [0.717, 1.165) is 72.9 Å². The number of aliphatic imine (C=N–C) groups is 2. The maximum absolute atomic E-state index is 5.70. The fourth-order valence-electron chi connectivity index (χ4n) is 2.92. The molecule has 0 fully saturated rings. The highest BCUT2D eigenvalue weighted by Gasteiger charge is 1.97. The van der Waals surface area contributed by atoms with Crippen molar-refractivity contribution >= 4 is 23.8 Å². The van der Waals surface area contributed by atoms with Crippen LogP contribution >= 0.6 is 0 Å². The van der Waals surface area contributed by atoms with E-state index in [9.17, 15) is 0 Å². The van der Waals surface area contributed by atoms with Crippen molar-refractivity contribution in [2.24, 2.45) is 9.98 Å². The van der Waals surface area contributed by atoms with Crippen LogP contribution in [0.2, 0.25) is 0 Å². The Hall–Kier alpha value is -3.40. The zero-order chi connectivity index (χ0) is 22.4. The average Bonchev–Trinajstić information content (AvgIpc) is 2.84. The SMILES string of the molecule is CCCCOc1ccc(C=Nc2cccc(N=Cc3ccc(OCCCC)cc3)c2)cc1. The maximum atomic E-state index is 5.70. The normalized spacial score (nSPS) is 11.3. The average molecular weight is 429 g/mol. The highest BCUT2D eigenvalue weighted by Crippen LogP contribution is 2.21. The van der Waals surface area contributed by atoms with Crippen molar-refractivity contribution in [2.75, 3.05) is 13.2 Å². The maximum Gasteiger partial charge on any atom is 0.119 e. The molecular formula is C28H32N2O2. The van der Waals surface area contributed by atoms with E-state index >= 15 is 0 Å². The second-order valence-electron chi connectivity index (χ2n) is 7.58. The molecule has 0 amide bonds. The van der Waals surface area contributed by atoms with Gasteiger partial charge >= 0.3 is 0 Å². The van der Waals surface area contributed by atoms with Gasteiger partial charge in [-0.1, -0.05) is 32.8 Å². The lowest BCUT2D eigenvalue weighted by Gasteiger charge is -2.05. The van der Waals surface area contributed by atoms with Gasteiger partial charge in [-0.05, 0) is 90.7 Å². The van der Waals surface area contributed by atoms with Gasteiger partial charge in [-0.2, -0.15) is 0 Å². The Kier molecular flexibility index (Phi) is 9.53. The van der Waals surface area contributed by atoms with Gasteiger partial charge in [-0.25, -0.2) is 0 Å². The van der Waals surface area contributed by atoms with Gasteiger partial charge in [-0.3, -0.25) is 9.98 Å². The number of hydrogen-bond acceptors (Lipinski definition) is 4. The third-order valence-corrected chi connectivity index (χ3v) is 4.85. The molecule has 0 aliphatic carbocycles. The second-order valence-corrected chi connectivity index (χ2v) is 7.58. The molecule has 3 aromatic rings. The van der Waals surface area contributed by atoms with Crippen LogP contribution in [0.5, 0.6) is 11.5 Å². The molecule has 4 heteroatoms. The van der Waals surface area contributed by atoms with Crippen LogP contribution in [0, 0.1) is 0 Å². The number of nitrogens with zero attached hydrogens (tertiary/aromatic N) is 2. The molecule has 166 valence electrons. The topological polar surface area (TPSA) is 43.2 Å². The number of unbranched alkanes of at least 4 members (excludes halogenated alkanes) is 2. The first-order valence-corrected chi connectivity index (χ1v) is 11.4. The molecule has 0 unspecified atom stereocenters. The number of benzene rings is 3. The Bertz CT molecular complexity index is 914. The van der Waals surface area contributed by atoms with Crippen LogP contribution in [-0.4, -0.2) is 25.6 Å². The van der Waals surface area contributed by atoms with Crippen molar-refractivity contribution in [3.8, 4) is 11.5 Å². The number of rotatable bonds is 12. The molecule has 0 heterocycles. The first-order valence-electron chi connectivity index (χ1n) is 11.4. The van der Waals surface area contributed by atoms with Crippen LogP contribution < -0.4 is 9.47 Å². The standard InChI is InChI=1S/C28H32N2O2/c1-3-5-18-31-27-14-10-23(11-15-27)21-29-25-8-7-9-26(20-25)30-22-24-12-16-28(17-13-24)32-19-6-4-2/h7-17,20-22H,3-6,18-19H2,1-2H3. The lowest BCUT2D eigenvalue weighted by atomic mass is 10.2. The van der Waals surface area contributed by atoms with E-state index in [1.54, 1.807) is 0 Å². The molecule has 0 aliphatic heterocycles. The Morgan fingerprint density at radius 1 is 0.625 bits per heavy atom. The minimum atomic E-state index is 0.758. The minimum Gasteiger partial charge on any atom is -0.494 e. The Labute approximate surface area is 191 Å². The van der Waals surface area contributed by atoms with Gasteiger partial charge < -0.3 is 9.47 Å². The zero-order valence-electron chi connectivity index (χ0n) is 19.0. The van der Waals surface area contributed by atoms with Crippen LogP contribution in [0.3, 0.4) is 0 Å². The highest BCUT2D eigenvalue weighted by atomic mass is 16.5. The quantitative estimate of drug-likeness (QED) is 0.221. The monoisotopic (exact) mass is 428 g/mol. The summed E-state index contributed by atoms with van der Waals surface area (Å²) in [5.41, 5.74) is 3.79. The summed E-state index contributed by atoms with van der Waals surface area (Å²) in [6.45, 7) is 5.83. The first kappa shape index (κ1) is 23.3. The minimum absolute atomic E-state index is 0.758. The van der Waals surface area contributed by atoms with E-state index < -0.39 is 0 Å². The van der Waals surface area contributed by atoms with Gasteiger partial charge in [0.15, 0.2) is 0 Å². The van der Waals surface area contributed by atoms with Crippen molar-refractivity contribution < 1.29 is 9.47 Å². The molecule has 0 saturated carbocycles. The molecule has 3 rings (SSSR count). The third-order valence-electron chi connectivity index (χ3n) is 4.85. The van der Waals surface area contributed by atoms with E-state index in [4.69, 9.17) is 9.47 Å². The molecule has 3 aromatic carbocycles. The van der Waals surface area contributed by atoms with Crippen LogP contribution in [0.4, 0.5) is 11.4 Å². The summed E-state index contributed by atoms with van der Waals surface area (Å²) in [6.07, 6.45) is 8.12. The zero-order valence-corrected chi connectivity index (χ0v) is 19.0. The fourth-order valence-corrected chi connectivity index (χ4v) is 2.92. The molecule has 0 atom stereocenters. The number of ether oxygens (including phenoxy) is 2. The first-order chi connectivity index (χ1) is 15.8. The molecule has 0 bridgehead atoms. The van der Waals surface area contributed by atoms with E-state index in [-0.39, 0.29) is 0 Å². The molecule has 0 aromatic heterocycles. The Morgan fingerprint density at radius 2 is 1.06 bits per heavy atom. The predicted molar refractivity (Wildman–Crippen MR) is 135 cm³/mol. The lowest BCUT2D eigenvalue weighted by Crippen LogP contribution is -1.96. The lowest BCUT2D eigenvalue weighted by molar-refractivity contribution is 0.309. The molecule has 0 N–H and O–H groups in total. The van der Waals surface area contributed by atoms with Gasteiger partial charge in [0.05, 0.1) is 24.6 Å². The molecule has 0 aliphatic rings. The fraction of sp³-hybridized carbons (Fsp3) is 0.286. The third kappa shape index (κ3) is 8.03. The Balaban J connectivity index is 1.56. The van der Waals surface area contributed by atoms with Gasteiger partial charge in [0.25, 0.3) is 0 Å². The highest BCUT2D eigenvalue weighted by molar-refractivity contribution is 5.84. The smallest absolute Gasteiger partial charge is 0.119 e. The largest absolute Gasteiger partial charge is 0.494 e. The second kappa shape index (κ2) is 13.1. The van der Waals surface area contributed by atoms with E-state index in [1.807, 2.05) is 85.2 Å². The van der Waals surface area contributed by atoms with Gasteiger partial charge in [0, 0.05) is 12.4 Å². The van der Waals surface area contributed by atoms with Crippen molar-refractivity contribution in [1.82, 2.24) is 0 Å². The Morgan fingerprint density at radius 3 is 1.47 bits per heavy atom. The van der Waals surface area contributed by atoms with E-state index in [1.165, 1.54) is 0 Å². The molecule has 32 heavy (non-hydrogen) atoms. The summed E-state index contributed by atoms with van der Waals surface area (Å²) >= 11 is 0. The molecule has 0 radical (unpaired) electrons. The van der Waals surface area contributed by atoms with E-state index in [2.05, 4.69) is 23.8 Å². The molecular weight excluding hydrogens is 396 g/mol. The van der Waals surface area contributed by atoms with Gasteiger partial charge in [0.1, 0.15) is 11.5 Å². The van der Waals surface area contributed by atoms with Crippen molar-refractivity contribution in [3.05, 3.63) is 83.9 Å². The summed E-state index contributed by atoms with van der Waals surface area (Å²) in [4.78, 5) is 9.18. The summed E-state index contributed by atoms with van der Waals surface area (Å²) in [5, 5.41) is 0. The van der Waals surface area contributed by atoms with Crippen molar-refractivity contribution in [1.29, 1.82) is 0 Å². The summed E-state index contributed by atoms with van der Waals surface area (Å²) in [6, 6.07) is 23.9. The molecule has 0 spiro atoms. The van der Waals surface area contributed by atoms with Crippen LogP contribution in [-0.2, 0) is 0 Å². The summed E-state index contributed by atoms with van der Waals surface area (Å²) in [5.74, 6) is 1.79. The predicted octanol–water partition coefficient (Wildman–Crippen LogP) is 7.55. The summed E-state index contributed by atoms with van der Waals surface area (Å²) in [7, 11) is 0. The van der Waals surface area contributed by atoms with Crippen molar-refractivity contribution in [3.63, 3.8) is 0 Å². The van der Waals surface area contributed by atoms with Crippen LogP contribution in [0.1, 0.15) is 50.7 Å². The van der Waals surface area contributed by atoms with Crippen LogP contribution in [0.25, 0.3) is 0 Å². The van der Waals surface area contributed by atoms with E-state index in [0.29, 0.717) is 0 Å². The van der Waals surface area contributed by atoms with Gasteiger partial charge in [-0.15, -0.1) is 0 Å². The molecule has 4 nitrogen and oxygen atoms in total.